The first-order valence-electron chi connectivity index (χ1n) is 9.39. The molecule has 0 spiro atoms. The molecular formula is C17H22F3N5O4. The van der Waals surface area contributed by atoms with Gasteiger partial charge < -0.3 is 25.4 Å². The number of nitrogens with zero attached hydrogens (tertiary/aromatic N) is 4. The topological polar surface area (TPSA) is 129 Å². The second kappa shape index (κ2) is 7.67. The van der Waals surface area contributed by atoms with Crippen LogP contribution in [-0.4, -0.2) is 66.9 Å². The molecule has 0 radical (unpaired) electrons. The number of aliphatic hydroxyl groups excluding tert-OH is 2. The van der Waals surface area contributed by atoms with Gasteiger partial charge in [0.05, 0.1) is 12.4 Å². The van der Waals surface area contributed by atoms with Crippen LogP contribution < -0.4 is 5.73 Å². The Hall–Kier alpha value is -2.02. The first-order chi connectivity index (χ1) is 13.8. The van der Waals surface area contributed by atoms with Crippen molar-refractivity contribution in [3.05, 3.63) is 12.7 Å². The number of halogens is 3. The van der Waals surface area contributed by atoms with Gasteiger partial charge in [-0.25, -0.2) is 15.0 Å². The zero-order valence-corrected chi connectivity index (χ0v) is 15.4. The molecule has 2 aliphatic rings. The lowest BCUT2D eigenvalue weighted by Gasteiger charge is -2.31. The molecule has 12 heteroatoms. The highest BCUT2D eigenvalue weighted by Crippen LogP contribution is 2.40. The number of hydrogen-bond donors (Lipinski definition) is 3. The van der Waals surface area contributed by atoms with Crippen molar-refractivity contribution in [1.82, 2.24) is 19.5 Å². The lowest BCUT2D eigenvalue weighted by Crippen LogP contribution is -2.44. The van der Waals surface area contributed by atoms with E-state index in [4.69, 9.17) is 15.2 Å². The second-order valence-corrected chi connectivity index (χ2v) is 7.49. The van der Waals surface area contributed by atoms with Crippen molar-refractivity contribution in [3.63, 3.8) is 0 Å². The Morgan fingerprint density at radius 1 is 1.21 bits per heavy atom. The van der Waals surface area contributed by atoms with Gasteiger partial charge in [-0.2, -0.15) is 13.2 Å². The molecule has 4 rings (SSSR count). The van der Waals surface area contributed by atoms with E-state index in [0.717, 1.165) is 12.8 Å². The summed E-state index contributed by atoms with van der Waals surface area (Å²) in [6.45, 7) is -1.45. The zero-order chi connectivity index (χ0) is 20.8. The Kier molecular flexibility index (Phi) is 5.36. The molecule has 2 fully saturated rings. The minimum Gasteiger partial charge on any atom is -0.387 e. The van der Waals surface area contributed by atoms with Crippen molar-refractivity contribution in [2.45, 2.75) is 62.5 Å². The van der Waals surface area contributed by atoms with Gasteiger partial charge >= 0.3 is 6.18 Å². The van der Waals surface area contributed by atoms with Gasteiger partial charge in [-0.3, -0.25) is 4.57 Å². The average Bonchev–Trinajstić information content (AvgIpc) is 3.38. The third-order valence-corrected chi connectivity index (χ3v) is 5.56. The van der Waals surface area contributed by atoms with Crippen molar-refractivity contribution in [1.29, 1.82) is 0 Å². The largest absolute Gasteiger partial charge is 0.411 e. The first kappa shape index (κ1) is 20.3. The summed E-state index contributed by atoms with van der Waals surface area (Å²) < 4.78 is 50.7. The van der Waals surface area contributed by atoms with E-state index in [0.29, 0.717) is 18.4 Å². The van der Waals surface area contributed by atoms with Crippen LogP contribution in [0.4, 0.5) is 19.0 Å². The van der Waals surface area contributed by atoms with E-state index in [1.54, 1.807) is 0 Å². The van der Waals surface area contributed by atoms with Gasteiger partial charge in [-0.05, 0) is 18.8 Å². The lowest BCUT2D eigenvalue weighted by molar-refractivity contribution is -0.211. The fourth-order valence-electron chi connectivity index (χ4n) is 4.22. The predicted octanol–water partition coefficient (Wildman–Crippen LogP) is 1.17. The number of ether oxygens (including phenoxy) is 2. The van der Waals surface area contributed by atoms with E-state index < -0.39 is 43.4 Å². The molecule has 1 aliphatic heterocycles. The standard InChI is InChI=1S/C17H22F3N5O4/c18-17(19,20)5-28-12(8-3-1-2-4-8)13-10(26)11(27)16(29-13)25-7-24-9-14(21)22-6-23-15(9)25/h6-8,10-13,16,26-27H,1-5H2,(H2,21,22,23)/t10-,11+,12?,13-,16+/m0/s1. The minimum atomic E-state index is -4.51. The van der Waals surface area contributed by atoms with Crippen molar-refractivity contribution >= 4 is 17.0 Å². The zero-order valence-electron chi connectivity index (χ0n) is 15.4. The van der Waals surface area contributed by atoms with Crippen molar-refractivity contribution in [2.75, 3.05) is 12.3 Å². The molecule has 2 aromatic heterocycles. The summed E-state index contributed by atoms with van der Waals surface area (Å²) in [5.74, 6) is -0.0591. The first-order valence-corrected chi connectivity index (χ1v) is 9.39. The van der Waals surface area contributed by atoms with Crippen LogP contribution in [0.15, 0.2) is 12.7 Å². The fraction of sp³-hybridized carbons (Fsp3) is 0.706. The number of aliphatic hydroxyl groups is 2. The maximum Gasteiger partial charge on any atom is 0.411 e. The summed E-state index contributed by atoms with van der Waals surface area (Å²) in [5.41, 5.74) is 6.34. The normalized spacial score (nSPS) is 29.7. The molecule has 0 amide bonds. The predicted molar refractivity (Wildman–Crippen MR) is 93.4 cm³/mol. The van der Waals surface area contributed by atoms with E-state index in [1.807, 2.05) is 0 Å². The third-order valence-electron chi connectivity index (χ3n) is 5.56. The number of hydrogen-bond acceptors (Lipinski definition) is 8. The number of fused-ring (bicyclic) bond motifs is 1. The van der Waals surface area contributed by atoms with Crippen LogP contribution >= 0.6 is 0 Å². The Morgan fingerprint density at radius 3 is 2.62 bits per heavy atom. The molecule has 160 valence electrons. The van der Waals surface area contributed by atoms with Crippen molar-refractivity contribution in [2.24, 2.45) is 5.92 Å². The SMILES string of the molecule is Nc1ncnc2c1ncn2[C@@H]1O[C@H](C(OCC(F)(F)F)C2CCCC2)[C@@H](O)[C@H]1O. The molecule has 9 nitrogen and oxygen atoms in total. The second-order valence-electron chi connectivity index (χ2n) is 7.49. The Morgan fingerprint density at radius 2 is 1.93 bits per heavy atom. The van der Waals surface area contributed by atoms with E-state index >= 15 is 0 Å². The minimum absolute atomic E-state index is 0.135. The smallest absolute Gasteiger partial charge is 0.387 e. The number of nitrogens with two attached hydrogens (primary N) is 1. The number of alkyl halides is 3. The molecule has 0 aromatic carbocycles. The van der Waals surface area contributed by atoms with Gasteiger partial charge in [0.1, 0.15) is 36.8 Å². The molecule has 2 aromatic rings. The Balaban J connectivity index is 1.60. The molecule has 1 aliphatic carbocycles. The summed E-state index contributed by atoms with van der Waals surface area (Å²) in [5, 5.41) is 21.2. The van der Waals surface area contributed by atoms with Crippen LogP contribution in [0.5, 0.6) is 0 Å². The molecule has 1 saturated heterocycles. The van der Waals surface area contributed by atoms with Gasteiger partial charge in [-0.1, -0.05) is 12.8 Å². The number of nitrogen functional groups attached to an aromatic ring is 1. The van der Waals surface area contributed by atoms with E-state index in [2.05, 4.69) is 15.0 Å². The molecular weight excluding hydrogens is 395 g/mol. The molecule has 0 bridgehead atoms. The molecule has 5 atom stereocenters. The number of imidazole rings is 1. The highest BCUT2D eigenvalue weighted by molar-refractivity contribution is 5.81. The quantitative estimate of drug-likeness (QED) is 0.661. The van der Waals surface area contributed by atoms with Gasteiger partial charge in [-0.15, -0.1) is 0 Å². The molecule has 1 saturated carbocycles. The van der Waals surface area contributed by atoms with Gasteiger partial charge in [0, 0.05) is 0 Å². The van der Waals surface area contributed by atoms with E-state index in [9.17, 15) is 23.4 Å². The van der Waals surface area contributed by atoms with Crippen molar-refractivity contribution < 1.29 is 32.9 Å². The monoisotopic (exact) mass is 417 g/mol. The summed E-state index contributed by atoms with van der Waals surface area (Å²) in [7, 11) is 0. The lowest BCUT2D eigenvalue weighted by atomic mass is 9.92. The van der Waals surface area contributed by atoms with Crippen LogP contribution in [0, 0.1) is 5.92 Å². The fourth-order valence-corrected chi connectivity index (χ4v) is 4.22. The van der Waals surface area contributed by atoms with Crippen LogP contribution in [0.1, 0.15) is 31.9 Å². The van der Waals surface area contributed by atoms with E-state index in [-0.39, 0.29) is 17.4 Å². The molecule has 4 N–H and O–H groups in total. The highest BCUT2D eigenvalue weighted by Gasteiger charge is 2.50. The summed E-state index contributed by atoms with van der Waals surface area (Å²) in [6.07, 6.45) is -4.94. The molecule has 1 unspecified atom stereocenters. The maximum absolute atomic E-state index is 12.8. The van der Waals surface area contributed by atoms with Crippen LogP contribution in [0.25, 0.3) is 11.2 Å². The Labute approximate surface area is 163 Å². The molecule has 3 heterocycles. The van der Waals surface area contributed by atoms with Gasteiger partial charge in [0.25, 0.3) is 0 Å². The summed E-state index contributed by atoms with van der Waals surface area (Å²) >= 11 is 0. The summed E-state index contributed by atoms with van der Waals surface area (Å²) in [4.78, 5) is 12.0. The number of anilines is 1. The van der Waals surface area contributed by atoms with Crippen molar-refractivity contribution in [3.8, 4) is 0 Å². The van der Waals surface area contributed by atoms with Crippen LogP contribution in [-0.2, 0) is 9.47 Å². The van der Waals surface area contributed by atoms with Gasteiger partial charge in [0.2, 0.25) is 0 Å². The Bertz CT molecular complexity index is 857. The molecule has 29 heavy (non-hydrogen) atoms. The number of rotatable bonds is 5. The highest BCUT2D eigenvalue weighted by atomic mass is 19.4. The van der Waals surface area contributed by atoms with Crippen LogP contribution in [0.2, 0.25) is 0 Å². The maximum atomic E-state index is 12.8. The average molecular weight is 417 g/mol. The van der Waals surface area contributed by atoms with Crippen LogP contribution in [0.3, 0.4) is 0 Å². The number of aromatic nitrogens is 4. The van der Waals surface area contributed by atoms with Gasteiger partial charge in [0.15, 0.2) is 17.7 Å². The summed E-state index contributed by atoms with van der Waals surface area (Å²) in [6, 6.07) is 0. The van der Waals surface area contributed by atoms with E-state index in [1.165, 1.54) is 17.2 Å². The third kappa shape index (κ3) is 3.89.